The SMILES string of the molecule is Cc1cnc(NC2COC2)nc1-c1sc2c(c1Cl)C(=O)N(Cc1cccc(Cl)c1)C21COC1. The van der Waals surface area contributed by atoms with Crippen molar-refractivity contribution in [1.82, 2.24) is 14.9 Å². The van der Waals surface area contributed by atoms with Gasteiger partial charge in [-0.05, 0) is 30.2 Å². The van der Waals surface area contributed by atoms with Crippen LogP contribution >= 0.6 is 34.5 Å². The average molecular weight is 503 g/mol. The number of rotatable bonds is 5. The van der Waals surface area contributed by atoms with E-state index in [1.165, 1.54) is 11.3 Å². The van der Waals surface area contributed by atoms with E-state index in [9.17, 15) is 4.79 Å². The van der Waals surface area contributed by atoms with E-state index in [1.54, 1.807) is 6.20 Å². The quantitative estimate of drug-likeness (QED) is 0.552. The molecule has 10 heteroatoms. The van der Waals surface area contributed by atoms with Crippen LogP contribution in [0.15, 0.2) is 30.5 Å². The normalized spacial score (nSPS) is 18.9. The third-order valence-electron chi connectivity index (χ3n) is 6.32. The van der Waals surface area contributed by atoms with Gasteiger partial charge < -0.3 is 19.7 Å². The molecule has 0 saturated carbocycles. The van der Waals surface area contributed by atoms with Crippen LogP contribution in [-0.4, -0.2) is 53.2 Å². The number of carbonyl (C=O) groups is 1. The van der Waals surface area contributed by atoms with Crippen LogP contribution in [0.1, 0.15) is 26.4 Å². The predicted molar refractivity (Wildman–Crippen MR) is 127 cm³/mol. The minimum atomic E-state index is -0.507. The van der Waals surface area contributed by atoms with E-state index in [-0.39, 0.29) is 11.9 Å². The Bertz CT molecular complexity index is 1270. The molecule has 3 aliphatic rings. The number of nitrogens with one attached hydrogen (secondary N) is 1. The first-order valence-corrected chi connectivity index (χ1v) is 12.2. The van der Waals surface area contributed by atoms with Gasteiger partial charge in [0.2, 0.25) is 5.95 Å². The maximum Gasteiger partial charge on any atom is 0.257 e. The molecule has 1 amide bonds. The monoisotopic (exact) mass is 502 g/mol. The van der Waals surface area contributed by atoms with E-state index in [2.05, 4.69) is 10.3 Å². The first kappa shape index (κ1) is 21.3. The summed E-state index contributed by atoms with van der Waals surface area (Å²) in [4.78, 5) is 26.3. The summed E-state index contributed by atoms with van der Waals surface area (Å²) < 4.78 is 10.8. The first-order valence-electron chi connectivity index (χ1n) is 10.6. The summed E-state index contributed by atoms with van der Waals surface area (Å²) in [5.74, 6) is 0.446. The fraction of sp³-hybridized carbons (Fsp3) is 0.348. The van der Waals surface area contributed by atoms with Crippen molar-refractivity contribution in [1.29, 1.82) is 0 Å². The number of nitrogens with zero attached hydrogens (tertiary/aromatic N) is 3. The summed E-state index contributed by atoms with van der Waals surface area (Å²) in [5, 5.41) is 4.37. The Morgan fingerprint density at radius 2 is 2.09 bits per heavy atom. The first-order chi connectivity index (χ1) is 16.0. The van der Waals surface area contributed by atoms with Gasteiger partial charge in [-0.2, -0.15) is 0 Å². The lowest BCUT2D eigenvalue weighted by molar-refractivity contribution is -0.126. The number of hydrogen-bond donors (Lipinski definition) is 1. The van der Waals surface area contributed by atoms with Crippen LogP contribution in [0.4, 0.5) is 5.95 Å². The van der Waals surface area contributed by atoms with E-state index in [0.717, 1.165) is 26.6 Å². The van der Waals surface area contributed by atoms with Gasteiger partial charge >= 0.3 is 0 Å². The van der Waals surface area contributed by atoms with Gasteiger partial charge in [-0.15, -0.1) is 11.3 Å². The van der Waals surface area contributed by atoms with Crippen LogP contribution in [0, 0.1) is 6.92 Å². The molecule has 6 rings (SSSR count). The summed E-state index contributed by atoms with van der Waals surface area (Å²) in [5.41, 5.74) is 2.65. The van der Waals surface area contributed by atoms with E-state index < -0.39 is 5.54 Å². The zero-order valence-corrected chi connectivity index (χ0v) is 20.1. The number of aromatic nitrogens is 2. The zero-order chi connectivity index (χ0) is 22.7. The Kier molecular flexibility index (Phi) is 5.12. The van der Waals surface area contributed by atoms with Crippen molar-refractivity contribution in [2.45, 2.75) is 25.0 Å². The van der Waals surface area contributed by atoms with Gasteiger partial charge in [0.05, 0.1) is 58.5 Å². The summed E-state index contributed by atoms with van der Waals surface area (Å²) in [7, 11) is 0. The van der Waals surface area contributed by atoms with Crippen LogP contribution in [-0.2, 0) is 21.6 Å². The van der Waals surface area contributed by atoms with Gasteiger partial charge in [-0.25, -0.2) is 9.97 Å². The Morgan fingerprint density at radius 1 is 1.27 bits per heavy atom. The van der Waals surface area contributed by atoms with Crippen molar-refractivity contribution in [3.63, 3.8) is 0 Å². The Morgan fingerprint density at radius 3 is 2.76 bits per heavy atom. The second kappa shape index (κ2) is 7.92. The zero-order valence-electron chi connectivity index (χ0n) is 17.7. The molecule has 2 saturated heterocycles. The van der Waals surface area contributed by atoms with Crippen LogP contribution in [0.2, 0.25) is 10.0 Å². The maximum absolute atomic E-state index is 13.6. The minimum absolute atomic E-state index is 0.0857. The largest absolute Gasteiger partial charge is 0.377 e. The van der Waals surface area contributed by atoms with E-state index in [1.807, 2.05) is 36.1 Å². The molecule has 2 fully saturated rings. The second-order valence-electron chi connectivity index (χ2n) is 8.60. The molecule has 0 radical (unpaired) electrons. The predicted octanol–water partition coefficient (Wildman–Crippen LogP) is 4.51. The van der Waals surface area contributed by atoms with Crippen molar-refractivity contribution in [2.75, 3.05) is 31.7 Å². The number of benzene rings is 1. The van der Waals surface area contributed by atoms with Crippen molar-refractivity contribution in [3.05, 3.63) is 62.1 Å². The van der Waals surface area contributed by atoms with Crippen molar-refractivity contribution < 1.29 is 14.3 Å². The second-order valence-corrected chi connectivity index (χ2v) is 10.4. The van der Waals surface area contributed by atoms with E-state index in [0.29, 0.717) is 54.5 Å². The highest BCUT2D eigenvalue weighted by molar-refractivity contribution is 7.17. The highest BCUT2D eigenvalue weighted by Crippen LogP contribution is 2.54. The fourth-order valence-electron chi connectivity index (χ4n) is 4.40. The van der Waals surface area contributed by atoms with Crippen molar-refractivity contribution in [3.8, 4) is 10.6 Å². The number of aryl methyl sites for hydroxylation is 1. The van der Waals surface area contributed by atoms with Gasteiger partial charge in [0, 0.05) is 17.8 Å². The van der Waals surface area contributed by atoms with E-state index in [4.69, 9.17) is 37.7 Å². The number of hydrogen-bond acceptors (Lipinski definition) is 7. The number of amides is 1. The van der Waals surface area contributed by atoms with Crippen molar-refractivity contribution in [2.24, 2.45) is 0 Å². The molecule has 33 heavy (non-hydrogen) atoms. The summed E-state index contributed by atoms with van der Waals surface area (Å²) in [6.45, 7) is 4.56. The van der Waals surface area contributed by atoms with Crippen LogP contribution in [0.25, 0.3) is 10.6 Å². The van der Waals surface area contributed by atoms with Crippen LogP contribution in [0.3, 0.4) is 0 Å². The number of ether oxygens (including phenoxy) is 2. The smallest absolute Gasteiger partial charge is 0.257 e. The van der Waals surface area contributed by atoms with E-state index >= 15 is 0 Å². The van der Waals surface area contributed by atoms with Gasteiger partial charge in [0.1, 0.15) is 5.54 Å². The highest BCUT2D eigenvalue weighted by Gasteiger charge is 2.57. The van der Waals surface area contributed by atoms with Gasteiger partial charge in [0.15, 0.2) is 0 Å². The molecule has 0 aliphatic carbocycles. The van der Waals surface area contributed by atoms with Crippen LogP contribution < -0.4 is 5.32 Å². The highest BCUT2D eigenvalue weighted by atomic mass is 35.5. The Labute approximate surface area is 204 Å². The lowest BCUT2D eigenvalue weighted by Gasteiger charge is -2.45. The molecule has 3 aromatic rings. The third kappa shape index (κ3) is 3.35. The molecule has 7 nitrogen and oxygen atoms in total. The standard InChI is InChI=1S/C23H20Cl2N4O3S/c1-12-6-26-22(27-15-8-31-9-15)28-18(12)19-17(25)16-20(33-19)23(10-32-11-23)29(21(16)30)7-13-3-2-4-14(24)5-13/h2-6,15H,7-11H2,1H3,(H,26,27,28). The van der Waals surface area contributed by atoms with Gasteiger partial charge in [-0.1, -0.05) is 35.3 Å². The topological polar surface area (TPSA) is 76.6 Å². The molecule has 0 atom stereocenters. The number of anilines is 1. The molecular weight excluding hydrogens is 483 g/mol. The molecule has 1 N–H and O–H groups in total. The number of fused-ring (bicyclic) bond motifs is 2. The number of thiophene rings is 1. The van der Waals surface area contributed by atoms with Gasteiger partial charge in [-0.3, -0.25) is 4.79 Å². The van der Waals surface area contributed by atoms with Gasteiger partial charge in [0.25, 0.3) is 5.91 Å². The maximum atomic E-state index is 13.6. The summed E-state index contributed by atoms with van der Waals surface area (Å²) in [6.07, 6.45) is 1.78. The Hall–Kier alpha value is -2.23. The third-order valence-corrected chi connectivity index (χ3v) is 8.43. The number of carbonyl (C=O) groups excluding carboxylic acids is 1. The average Bonchev–Trinajstić information content (AvgIpc) is 3.18. The fourth-order valence-corrected chi connectivity index (χ4v) is 6.46. The molecular formula is C23H20Cl2N4O3S. The molecule has 5 heterocycles. The summed E-state index contributed by atoms with van der Waals surface area (Å²) >= 11 is 14.6. The molecule has 0 bridgehead atoms. The van der Waals surface area contributed by atoms with Crippen molar-refractivity contribution >= 4 is 46.4 Å². The lowest BCUT2D eigenvalue weighted by atomic mass is 9.94. The molecule has 170 valence electrons. The minimum Gasteiger partial charge on any atom is -0.377 e. The van der Waals surface area contributed by atoms with Crippen LogP contribution in [0.5, 0.6) is 0 Å². The molecule has 1 spiro atoms. The summed E-state index contributed by atoms with van der Waals surface area (Å²) in [6, 6.07) is 7.78. The molecule has 1 aromatic carbocycles. The Balaban J connectivity index is 1.38. The molecule has 0 unspecified atom stereocenters. The molecule has 3 aliphatic heterocycles. The number of halogens is 2. The molecule has 2 aromatic heterocycles. The lowest BCUT2D eigenvalue weighted by Crippen LogP contribution is -2.56.